The summed E-state index contributed by atoms with van der Waals surface area (Å²) in [4.78, 5) is 2.37. The molecular formula is C17H26ClF3N2O2. The van der Waals surface area contributed by atoms with Gasteiger partial charge in [-0.1, -0.05) is 0 Å². The normalized spacial score (nSPS) is 16.3. The van der Waals surface area contributed by atoms with Crippen molar-refractivity contribution in [3.63, 3.8) is 0 Å². The third-order valence-corrected chi connectivity index (χ3v) is 4.24. The molecule has 0 aliphatic carbocycles. The van der Waals surface area contributed by atoms with Crippen molar-refractivity contribution in [2.75, 3.05) is 39.8 Å². The van der Waals surface area contributed by atoms with Gasteiger partial charge in [0.25, 0.3) is 0 Å². The predicted octanol–water partition coefficient (Wildman–Crippen LogP) is 3.71. The molecule has 25 heavy (non-hydrogen) atoms. The molecule has 1 aromatic carbocycles. The molecule has 0 spiro atoms. The third-order valence-electron chi connectivity index (χ3n) is 4.24. The lowest BCUT2D eigenvalue weighted by atomic mass is 9.93. The molecule has 1 aromatic rings. The van der Waals surface area contributed by atoms with E-state index in [1.165, 1.54) is 43.5 Å². The standard InChI is InChI=1S/C17H25F3N2O2.ClH/c1-21-9-6-14-7-10-22(11-8-14)12-13-23-15-2-4-16(5-3-15)24-17(18,19)20;/h2-5,14,21H,6-13H2,1H3;1H. The Hall–Kier alpha value is -1.18. The zero-order chi connectivity index (χ0) is 17.4. The molecule has 1 fully saturated rings. The van der Waals surface area contributed by atoms with E-state index in [1.54, 1.807) is 0 Å². The van der Waals surface area contributed by atoms with Gasteiger partial charge in [0.15, 0.2) is 0 Å². The van der Waals surface area contributed by atoms with Gasteiger partial charge in [-0.25, -0.2) is 0 Å². The highest BCUT2D eigenvalue weighted by molar-refractivity contribution is 5.85. The summed E-state index contributed by atoms with van der Waals surface area (Å²) in [5.74, 6) is 1.11. The highest BCUT2D eigenvalue weighted by Crippen LogP contribution is 2.25. The summed E-state index contributed by atoms with van der Waals surface area (Å²) in [7, 11) is 1.98. The molecule has 1 N–H and O–H groups in total. The smallest absolute Gasteiger partial charge is 0.492 e. The van der Waals surface area contributed by atoms with Gasteiger partial charge >= 0.3 is 6.36 Å². The van der Waals surface area contributed by atoms with Crippen LogP contribution in [0.4, 0.5) is 13.2 Å². The molecule has 0 bridgehead atoms. The summed E-state index contributed by atoms with van der Waals surface area (Å²) in [6.45, 7) is 4.59. The Labute approximate surface area is 153 Å². The van der Waals surface area contributed by atoms with Crippen LogP contribution >= 0.6 is 12.4 Å². The van der Waals surface area contributed by atoms with Gasteiger partial charge in [0, 0.05) is 6.54 Å². The van der Waals surface area contributed by atoms with Crippen LogP contribution in [0.15, 0.2) is 24.3 Å². The van der Waals surface area contributed by atoms with Gasteiger partial charge < -0.3 is 14.8 Å². The molecule has 4 nitrogen and oxygen atoms in total. The molecule has 1 aliphatic rings. The molecule has 1 aliphatic heterocycles. The lowest BCUT2D eigenvalue weighted by Crippen LogP contribution is -2.37. The van der Waals surface area contributed by atoms with Crippen molar-refractivity contribution in [3.8, 4) is 11.5 Å². The number of alkyl halides is 3. The SMILES string of the molecule is CNCCC1CCN(CCOc2ccc(OC(F)(F)F)cc2)CC1.Cl. The summed E-state index contributed by atoms with van der Waals surface area (Å²) < 4.78 is 45.7. The van der Waals surface area contributed by atoms with Crippen LogP contribution in [-0.4, -0.2) is 51.1 Å². The van der Waals surface area contributed by atoms with Gasteiger partial charge in [0.05, 0.1) is 0 Å². The fraction of sp³-hybridized carbons (Fsp3) is 0.647. The van der Waals surface area contributed by atoms with E-state index >= 15 is 0 Å². The molecule has 0 radical (unpaired) electrons. The maximum absolute atomic E-state index is 12.1. The zero-order valence-corrected chi connectivity index (χ0v) is 15.2. The second kappa shape index (κ2) is 10.7. The van der Waals surface area contributed by atoms with Crippen LogP contribution in [-0.2, 0) is 0 Å². The van der Waals surface area contributed by atoms with E-state index in [2.05, 4.69) is 15.0 Å². The maximum atomic E-state index is 12.1. The summed E-state index contributed by atoms with van der Waals surface area (Å²) in [6, 6.07) is 5.50. The number of likely N-dealkylation sites (tertiary alicyclic amines) is 1. The van der Waals surface area contributed by atoms with Gasteiger partial charge in [0.2, 0.25) is 0 Å². The lowest BCUT2D eigenvalue weighted by Gasteiger charge is -2.31. The van der Waals surface area contributed by atoms with Gasteiger partial charge in [-0.2, -0.15) is 0 Å². The van der Waals surface area contributed by atoms with Crippen LogP contribution in [0.3, 0.4) is 0 Å². The fourth-order valence-corrected chi connectivity index (χ4v) is 2.88. The van der Waals surface area contributed by atoms with E-state index in [4.69, 9.17) is 4.74 Å². The zero-order valence-electron chi connectivity index (χ0n) is 14.3. The molecule has 1 heterocycles. The van der Waals surface area contributed by atoms with Crippen LogP contribution in [0.2, 0.25) is 0 Å². The first kappa shape index (κ1) is 21.9. The quantitative estimate of drug-likeness (QED) is 0.743. The van der Waals surface area contributed by atoms with Gasteiger partial charge in [-0.3, -0.25) is 4.90 Å². The Bertz CT molecular complexity index is 478. The number of hydrogen-bond acceptors (Lipinski definition) is 4. The first-order chi connectivity index (χ1) is 11.5. The van der Waals surface area contributed by atoms with E-state index in [0.717, 1.165) is 32.1 Å². The van der Waals surface area contributed by atoms with Crippen LogP contribution in [0, 0.1) is 5.92 Å². The molecule has 0 amide bonds. The predicted molar refractivity (Wildman–Crippen MR) is 93.6 cm³/mol. The second-order valence-corrected chi connectivity index (χ2v) is 6.04. The van der Waals surface area contributed by atoms with Gasteiger partial charge in [-0.05, 0) is 76.1 Å². The Morgan fingerprint density at radius 2 is 1.72 bits per heavy atom. The van der Waals surface area contributed by atoms with E-state index < -0.39 is 6.36 Å². The second-order valence-electron chi connectivity index (χ2n) is 6.04. The summed E-state index contributed by atoms with van der Waals surface area (Å²) in [5.41, 5.74) is 0. The average Bonchev–Trinajstić information content (AvgIpc) is 2.54. The summed E-state index contributed by atoms with van der Waals surface area (Å²) >= 11 is 0. The third kappa shape index (κ3) is 8.65. The van der Waals surface area contributed by atoms with E-state index in [1.807, 2.05) is 7.05 Å². The van der Waals surface area contributed by atoms with Gasteiger partial charge in [0.1, 0.15) is 18.1 Å². The Balaban J connectivity index is 0.00000312. The molecule has 0 atom stereocenters. The van der Waals surface area contributed by atoms with E-state index in [-0.39, 0.29) is 18.2 Å². The highest BCUT2D eigenvalue weighted by atomic mass is 35.5. The monoisotopic (exact) mass is 382 g/mol. The number of rotatable bonds is 8. The van der Waals surface area contributed by atoms with Crippen LogP contribution in [0.1, 0.15) is 19.3 Å². The van der Waals surface area contributed by atoms with Crippen molar-refractivity contribution in [2.45, 2.75) is 25.6 Å². The molecular weight excluding hydrogens is 357 g/mol. The summed E-state index contributed by atoms with van der Waals surface area (Å²) in [6.07, 6.45) is -1.01. The first-order valence-corrected chi connectivity index (χ1v) is 8.32. The number of hydrogen-bond donors (Lipinski definition) is 1. The number of ether oxygens (including phenoxy) is 2. The number of halogens is 4. The van der Waals surface area contributed by atoms with Crippen LogP contribution in [0.5, 0.6) is 11.5 Å². The largest absolute Gasteiger partial charge is 0.573 e. The van der Waals surface area contributed by atoms with Gasteiger partial charge in [-0.15, -0.1) is 25.6 Å². The molecule has 0 unspecified atom stereocenters. The highest BCUT2D eigenvalue weighted by Gasteiger charge is 2.31. The van der Waals surface area contributed by atoms with Crippen molar-refractivity contribution in [1.82, 2.24) is 10.2 Å². The van der Waals surface area contributed by atoms with E-state index in [0.29, 0.717) is 12.4 Å². The number of nitrogens with one attached hydrogen (secondary N) is 1. The fourth-order valence-electron chi connectivity index (χ4n) is 2.88. The number of nitrogens with zero attached hydrogens (tertiary/aromatic N) is 1. The maximum Gasteiger partial charge on any atom is 0.573 e. The molecule has 0 aromatic heterocycles. The van der Waals surface area contributed by atoms with Crippen molar-refractivity contribution in [2.24, 2.45) is 5.92 Å². The lowest BCUT2D eigenvalue weighted by molar-refractivity contribution is -0.274. The molecule has 8 heteroatoms. The average molecular weight is 383 g/mol. The first-order valence-electron chi connectivity index (χ1n) is 8.32. The molecule has 1 saturated heterocycles. The van der Waals surface area contributed by atoms with Crippen molar-refractivity contribution in [1.29, 1.82) is 0 Å². The Morgan fingerprint density at radius 1 is 1.12 bits per heavy atom. The number of benzene rings is 1. The minimum Gasteiger partial charge on any atom is -0.492 e. The minimum absolute atomic E-state index is 0. The molecule has 2 rings (SSSR count). The molecule has 144 valence electrons. The molecule has 0 saturated carbocycles. The van der Waals surface area contributed by atoms with Crippen molar-refractivity contribution >= 4 is 12.4 Å². The van der Waals surface area contributed by atoms with Crippen molar-refractivity contribution in [3.05, 3.63) is 24.3 Å². The number of piperidine rings is 1. The minimum atomic E-state index is -4.66. The summed E-state index contributed by atoms with van der Waals surface area (Å²) in [5, 5.41) is 3.19. The van der Waals surface area contributed by atoms with Crippen LogP contribution < -0.4 is 14.8 Å². The Kier molecular flexibility index (Phi) is 9.38. The van der Waals surface area contributed by atoms with E-state index in [9.17, 15) is 13.2 Å². The van der Waals surface area contributed by atoms with Crippen molar-refractivity contribution < 1.29 is 22.6 Å². The topological polar surface area (TPSA) is 33.7 Å². The Morgan fingerprint density at radius 3 is 2.28 bits per heavy atom. The van der Waals surface area contributed by atoms with Crippen LogP contribution in [0.25, 0.3) is 0 Å².